The molecule has 0 aliphatic heterocycles. The first kappa shape index (κ1) is 21.9. The number of hydrogen-bond acceptors (Lipinski definition) is 9. The molecule has 0 unspecified atom stereocenters. The first-order chi connectivity index (χ1) is 15.3. The summed E-state index contributed by atoms with van der Waals surface area (Å²) in [6.45, 7) is 5.82. The number of nitrogens with two attached hydrogens (primary N) is 1. The molecule has 0 atom stereocenters. The fourth-order valence-corrected chi connectivity index (χ4v) is 4.34. The van der Waals surface area contributed by atoms with Crippen molar-refractivity contribution in [2.45, 2.75) is 20.8 Å². The first-order valence-electron chi connectivity index (χ1n) is 9.17. The van der Waals surface area contributed by atoms with Crippen LogP contribution in [0.3, 0.4) is 0 Å². The Morgan fingerprint density at radius 1 is 1.22 bits per heavy atom. The van der Waals surface area contributed by atoms with Crippen molar-refractivity contribution in [3.63, 3.8) is 0 Å². The number of carbonyl (C=O) groups is 1. The second kappa shape index (κ2) is 8.69. The van der Waals surface area contributed by atoms with E-state index in [9.17, 15) is 4.79 Å². The van der Waals surface area contributed by atoms with Crippen molar-refractivity contribution in [2.75, 3.05) is 5.73 Å². The van der Waals surface area contributed by atoms with Gasteiger partial charge >= 0.3 is 0 Å². The summed E-state index contributed by atoms with van der Waals surface area (Å²) in [7, 11) is 0. The highest BCUT2D eigenvalue weighted by atomic mass is 35.5. The molecule has 0 saturated carbocycles. The number of amides is 1. The van der Waals surface area contributed by atoms with Gasteiger partial charge in [0, 0.05) is 20.9 Å². The van der Waals surface area contributed by atoms with E-state index in [-0.39, 0.29) is 28.0 Å². The molecule has 3 heterocycles. The zero-order valence-electron chi connectivity index (χ0n) is 17.1. The molecule has 0 aliphatic rings. The molecule has 1 aromatic carbocycles. The van der Waals surface area contributed by atoms with E-state index in [4.69, 9.17) is 28.9 Å². The largest absolute Gasteiger partial charge is 0.378 e. The van der Waals surface area contributed by atoms with Crippen molar-refractivity contribution in [3.8, 4) is 17.1 Å². The molecule has 4 aromatic rings. The van der Waals surface area contributed by atoms with Crippen LogP contribution in [0.5, 0.6) is 0 Å². The zero-order chi connectivity index (χ0) is 23.0. The van der Waals surface area contributed by atoms with E-state index in [1.807, 2.05) is 26.8 Å². The van der Waals surface area contributed by atoms with Crippen LogP contribution in [-0.2, 0) is 0 Å². The van der Waals surface area contributed by atoms with Crippen LogP contribution in [0.15, 0.2) is 34.0 Å². The van der Waals surface area contributed by atoms with Crippen LogP contribution in [0.1, 0.15) is 32.7 Å². The molecule has 0 radical (unpaired) electrons. The van der Waals surface area contributed by atoms with Crippen LogP contribution in [0.25, 0.3) is 17.1 Å². The van der Waals surface area contributed by atoms with Gasteiger partial charge in [0.1, 0.15) is 5.69 Å². The maximum Gasteiger partial charge on any atom is 0.294 e. The molecule has 32 heavy (non-hydrogen) atoms. The molecule has 3 aromatic heterocycles. The predicted molar refractivity (Wildman–Crippen MR) is 123 cm³/mol. The normalized spacial score (nSPS) is 11.7. The minimum atomic E-state index is -0.587. The van der Waals surface area contributed by atoms with Crippen LogP contribution in [0, 0.1) is 13.8 Å². The van der Waals surface area contributed by atoms with Crippen molar-refractivity contribution in [1.29, 1.82) is 0 Å². The first-order valence-corrected chi connectivity index (χ1v) is 10.7. The molecule has 0 fully saturated rings. The van der Waals surface area contributed by atoms with Gasteiger partial charge in [0.2, 0.25) is 11.6 Å². The lowest BCUT2D eigenvalue weighted by atomic mass is 10.1. The number of thiophene rings is 1. The van der Waals surface area contributed by atoms with Crippen LogP contribution >= 0.6 is 34.5 Å². The Kier molecular flexibility index (Phi) is 5.96. The Morgan fingerprint density at radius 2 is 2.00 bits per heavy atom. The number of halogens is 2. The topological polar surface area (TPSA) is 137 Å². The van der Waals surface area contributed by atoms with Crippen LogP contribution < -0.4 is 11.2 Å². The van der Waals surface area contributed by atoms with Crippen LogP contribution in [-0.4, -0.2) is 36.9 Å². The molecule has 13 heteroatoms. The summed E-state index contributed by atoms with van der Waals surface area (Å²) in [5, 5.41) is 20.2. The Bertz CT molecular complexity index is 1360. The van der Waals surface area contributed by atoms with Gasteiger partial charge in [0.15, 0.2) is 5.69 Å². The summed E-state index contributed by atoms with van der Waals surface area (Å²) in [4.78, 5) is 15.3. The molecule has 4 rings (SSSR count). The number of hydrogen-bond donors (Lipinski definition) is 2. The molecule has 0 aliphatic carbocycles. The summed E-state index contributed by atoms with van der Waals surface area (Å²) in [6, 6.07) is 6.84. The number of aromatic nitrogens is 5. The van der Waals surface area contributed by atoms with Gasteiger partial charge in [-0.3, -0.25) is 4.79 Å². The SMILES string of the molecule is CC(=NNC(=O)c1nnn(-c2nonc2N)c1-c1ccc(Cl)c(Cl)c1)c1cc(C)sc1C. The second-order valence-corrected chi connectivity index (χ2v) is 9.04. The van der Waals surface area contributed by atoms with Crippen molar-refractivity contribution in [3.05, 3.63) is 55.3 Å². The number of carbonyl (C=O) groups excluding carboxylic acids is 1. The number of anilines is 1. The molecule has 0 saturated heterocycles. The van der Waals surface area contributed by atoms with Gasteiger partial charge < -0.3 is 5.73 Å². The summed E-state index contributed by atoms with van der Waals surface area (Å²) in [6.07, 6.45) is 0. The fourth-order valence-electron chi connectivity index (χ4n) is 3.06. The van der Waals surface area contributed by atoms with Gasteiger partial charge in [-0.15, -0.1) is 16.4 Å². The van der Waals surface area contributed by atoms with Crippen LogP contribution in [0.2, 0.25) is 10.0 Å². The van der Waals surface area contributed by atoms with E-state index in [1.165, 1.54) is 4.68 Å². The van der Waals surface area contributed by atoms with Gasteiger partial charge in [-0.05, 0) is 49.3 Å². The van der Waals surface area contributed by atoms with E-state index in [0.717, 1.165) is 15.3 Å². The lowest BCUT2D eigenvalue weighted by Gasteiger charge is -2.07. The number of nitrogen functional groups attached to an aromatic ring is 1. The van der Waals surface area contributed by atoms with E-state index in [2.05, 4.69) is 35.8 Å². The minimum Gasteiger partial charge on any atom is -0.378 e. The highest BCUT2D eigenvalue weighted by molar-refractivity contribution is 7.12. The lowest BCUT2D eigenvalue weighted by Crippen LogP contribution is -2.21. The number of benzene rings is 1. The smallest absolute Gasteiger partial charge is 0.294 e. The van der Waals surface area contributed by atoms with Gasteiger partial charge in [0.25, 0.3) is 5.91 Å². The number of nitrogens with zero attached hydrogens (tertiary/aromatic N) is 6. The average molecular weight is 491 g/mol. The molecule has 0 spiro atoms. The number of hydrazone groups is 1. The Labute approximate surface area is 196 Å². The van der Waals surface area contributed by atoms with Crippen molar-refractivity contribution >= 4 is 52.0 Å². The molecular formula is C19H16Cl2N8O2S. The van der Waals surface area contributed by atoms with Crippen molar-refractivity contribution < 1.29 is 9.42 Å². The van der Waals surface area contributed by atoms with Gasteiger partial charge in [0.05, 0.1) is 15.8 Å². The number of rotatable bonds is 5. The summed E-state index contributed by atoms with van der Waals surface area (Å²) >= 11 is 13.9. The minimum absolute atomic E-state index is 0.0273. The second-order valence-electron chi connectivity index (χ2n) is 6.77. The standard InChI is InChI=1S/C19H16Cl2N8O2S/c1-8-6-12(10(3)32-8)9(2)23-25-19(30)15-16(11-4-5-13(20)14(21)7-11)29(28-24-15)18-17(22)26-31-27-18/h4-7H,1-3H3,(H2,22,26)(H,25,30). The summed E-state index contributed by atoms with van der Waals surface area (Å²) < 4.78 is 5.90. The highest BCUT2D eigenvalue weighted by Crippen LogP contribution is 2.31. The van der Waals surface area contributed by atoms with E-state index >= 15 is 0 Å². The van der Waals surface area contributed by atoms with Gasteiger partial charge in [-0.1, -0.05) is 34.5 Å². The Morgan fingerprint density at radius 3 is 2.62 bits per heavy atom. The third kappa shape index (κ3) is 4.09. The maximum atomic E-state index is 13.0. The average Bonchev–Trinajstić information content (AvgIpc) is 3.45. The Balaban J connectivity index is 1.75. The Hall–Kier alpha value is -3.28. The van der Waals surface area contributed by atoms with Crippen molar-refractivity contribution in [2.24, 2.45) is 5.10 Å². The molecular weight excluding hydrogens is 475 g/mol. The monoisotopic (exact) mass is 490 g/mol. The third-order valence-electron chi connectivity index (χ3n) is 4.53. The fraction of sp³-hybridized carbons (Fsp3) is 0.158. The molecule has 164 valence electrons. The van der Waals surface area contributed by atoms with Gasteiger partial charge in [-0.2, -0.15) is 9.78 Å². The molecule has 1 amide bonds. The molecule has 0 bridgehead atoms. The zero-order valence-corrected chi connectivity index (χ0v) is 19.4. The molecule has 3 N–H and O–H groups in total. The quantitative estimate of drug-likeness (QED) is 0.318. The number of aryl methyl sites for hydroxylation is 2. The summed E-state index contributed by atoms with van der Waals surface area (Å²) in [5.74, 6) is -0.543. The predicted octanol–water partition coefficient (Wildman–Crippen LogP) is 4.04. The van der Waals surface area contributed by atoms with E-state index < -0.39 is 5.91 Å². The highest BCUT2D eigenvalue weighted by Gasteiger charge is 2.25. The summed E-state index contributed by atoms with van der Waals surface area (Å²) in [5.41, 5.74) is 10.7. The van der Waals surface area contributed by atoms with E-state index in [0.29, 0.717) is 16.3 Å². The third-order valence-corrected chi connectivity index (χ3v) is 6.24. The molecule has 10 nitrogen and oxygen atoms in total. The van der Waals surface area contributed by atoms with Crippen molar-refractivity contribution in [1.82, 2.24) is 30.7 Å². The van der Waals surface area contributed by atoms with E-state index in [1.54, 1.807) is 29.5 Å². The maximum absolute atomic E-state index is 13.0. The number of nitrogens with one attached hydrogen (secondary N) is 1. The van der Waals surface area contributed by atoms with Crippen LogP contribution in [0.4, 0.5) is 5.82 Å². The van der Waals surface area contributed by atoms with Gasteiger partial charge in [-0.25, -0.2) is 10.1 Å². The lowest BCUT2D eigenvalue weighted by molar-refractivity contribution is 0.0950.